The highest BCUT2D eigenvalue weighted by molar-refractivity contribution is 7.88. The van der Waals surface area contributed by atoms with E-state index >= 15 is 0 Å². The summed E-state index contributed by atoms with van der Waals surface area (Å²) in [5.41, 5.74) is -0.704. The number of amides is 1. The maximum Gasteiger partial charge on any atom is 0.244 e. The summed E-state index contributed by atoms with van der Waals surface area (Å²) in [6, 6.07) is 0. The van der Waals surface area contributed by atoms with Gasteiger partial charge in [0, 0.05) is 39.8 Å². The van der Waals surface area contributed by atoms with E-state index in [0.29, 0.717) is 26.1 Å². The molecule has 6 nitrogen and oxygen atoms in total. The molecule has 2 saturated heterocycles. The van der Waals surface area contributed by atoms with Gasteiger partial charge in [-0.3, -0.25) is 9.69 Å². The Hall–Kier alpha value is -0.920. The molecule has 0 N–H and O–H groups in total. The van der Waals surface area contributed by atoms with Gasteiger partial charge in [-0.05, 0) is 6.42 Å². The van der Waals surface area contributed by atoms with Crippen LogP contribution in [-0.4, -0.2) is 80.0 Å². The summed E-state index contributed by atoms with van der Waals surface area (Å²) < 4.78 is 24.8. The van der Waals surface area contributed by atoms with Crippen molar-refractivity contribution in [2.24, 2.45) is 0 Å². The first kappa shape index (κ1) is 14.5. The molecule has 108 valence electrons. The largest absolute Gasteiger partial charge is 0.343 e. The first-order valence-electron chi connectivity index (χ1n) is 6.38. The number of rotatable bonds is 3. The summed E-state index contributed by atoms with van der Waals surface area (Å²) in [6.45, 7) is 6.42. The van der Waals surface area contributed by atoms with Crippen LogP contribution in [0.2, 0.25) is 0 Å². The smallest absolute Gasteiger partial charge is 0.244 e. The Kier molecular flexibility index (Phi) is 3.72. The summed E-state index contributed by atoms with van der Waals surface area (Å²) >= 11 is 0. The Bertz CT molecular complexity index is 490. The monoisotopic (exact) mass is 287 g/mol. The Morgan fingerprint density at radius 2 is 2.05 bits per heavy atom. The standard InChI is InChI=1S/C12H21N3O3S/c1-4-6-14-9-8-13(2)11(16)12(14)5-7-15(10-12)19(3,17)18/h4H,1,5-10H2,2-3H3/t12-/m0/s1. The second-order valence-electron chi connectivity index (χ2n) is 5.34. The predicted molar refractivity (Wildman–Crippen MR) is 73.2 cm³/mol. The van der Waals surface area contributed by atoms with E-state index in [4.69, 9.17) is 0 Å². The number of hydrogen-bond donors (Lipinski definition) is 0. The van der Waals surface area contributed by atoms with Gasteiger partial charge in [0.05, 0.1) is 6.26 Å². The normalized spacial score (nSPS) is 30.2. The van der Waals surface area contributed by atoms with Crippen molar-refractivity contribution < 1.29 is 13.2 Å². The molecule has 1 amide bonds. The Morgan fingerprint density at radius 3 is 2.58 bits per heavy atom. The molecule has 1 atom stereocenters. The number of piperazine rings is 1. The molecule has 2 aliphatic rings. The van der Waals surface area contributed by atoms with Gasteiger partial charge in [0.1, 0.15) is 5.54 Å². The first-order chi connectivity index (χ1) is 8.81. The van der Waals surface area contributed by atoms with Gasteiger partial charge in [0.2, 0.25) is 15.9 Å². The lowest BCUT2D eigenvalue weighted by molar-refractivity contribution is -0.148. The summed E-state index contributed by atoms with van der Waals surface area (Å²) in [4.78, 5) is 16.3. The van der Waals surface area contributed by atoms with E-state index in [-0.39, 0.29) is 12.5 Å². The fraction of sp³-hybridized carbons (Fsp3) is 0.750. The van der Waals surface area contributed by atoms with Gasteiger partial charge in [-0.15, -0.1) is 6.58 Å². The van der Waals surface area contributed by atoms with Crippen molar-refractivity contribution in [2.45, 2.75) is 12.0 Å². The minimum atomic E-state index is -3.25. The lowest BCUT2D eigenvalue weighted by Gasteiger charge is -2.46. The minimum absolute atomic E-state index is 0.0201. The number of hydrogen-bond acceptors (Lipinski definition) is 4. The fourth-order valence-electron chi connectivity index (χ4n) is 2.97. The molecule has 2 fully saturated rings. The van der Waals surface area contributed by atoms with Gasteiger partial charge in [-0.25, -0.2) is 8.42 Å². The molecule has 0 aromatic rings. The van der Waals surface area contributed by atoms with Crippen molar-refractivity contribution in [1.29, 1.82) is 0 Å². The predicted octanol–water partition coefficient (Wildman–Crippen LogP) is -0.649. The average Bonchev–Trinajstić information content (AvgIpc) is 2.77. The zero-order chi connectivity index (χ0) is 14.3. The van der Waals surface area contributed by atoms with Crippen LogP contribution in [0.15, 0.2) is 12.7 Å². The molecule has 2 heterocycles. The van der Waals surface area contributed by atoms with E-state index in [1.165, 1.54) is 10.6 Å². The second kappa shape index (κ2) is 4.88. The third kappa shape index (κ3) is 2.42. The number of sulfonamides is 1. The van der Waals surface area contributed by atoms with Crippen LogP contribution < -0.4 is 0 Å². The maximum atomic E-state index is 12.5. The van der Waals surface area contributed by atoms with Crippen molar-refractivity contribution in [3.63, 3.8) is 0 Å². The summed E-state index contributed by atoms with van der Waals surface area (Å²) in [5.74, 6) is 0.0201. The van der Waals surface area contributed by atoms with Crippen LogP contribution in [0.3, 0.4) is 0 Å². The van der Waals surface area contributed by atoms with Crippen molar-refractivity contribution in [3.8, 4) is 0 Å². The Morgan fingerprint density at radius 1 is 1.37 bits per heavy atom. The molecule has 0 saturated carbocycles. The molecule has 2 aliphatic heterocycles. The van der Waals surface area contributed by atoms with Crippen LogP contribution in [0.4, 0.5) is 0 Å². The second-order valence-corrected chi connectivity index (χ2v) is 7.32. The average molecular weight is 287 g/mol. The van der Waals surface area contributed by atoms with Crippen molar-refractivity contribution in [3.05, 3.63) is 12.7 Å². The van der Waals surface area contributed by atoms with E-state index in [2.05, 4.69) is 11.5 Å². The highest BCUT2D eigenvalue weighted by Gasteiger charge is 2.53. The third-order valence-electron chi connectivity index (χ3n) is 4.09. The fourth-order valence-corrected chi connectivity index (χ4v) is 3.84. The highest BCUT2D eigenvalue weighted by atomic mass is 32.2. The van der Waals surface area contributed by atoms with E-state index in [1.807, 2.05) is 0 Å². The number of nitrogens with zero attached hydrogens (tertiary/aromatic N) is 3. The van der Waals surface area contributed by atoms with Crippen LogP contribution in [0, 0.1) is 0 Å². The highest BCUT2D eigenvalue weighted by Crippen LogP contribution is 2.33. The Balaban J connectivity index is 2.31. The number of likely N-dealkylation sites (N-methyl/N-ethyl adjacent to an activating group) is 1. The molecule has 2 rings (SSSR count). The molecule has 0 bridgehead atoms. The van der Waals surface area contributed by atoms with Crippen LogP contribution >= 0.6 is 0 Å². The zero-order valence-corrected chi connectivity index (χ0v) is 12.3. The zero-order valence-electron chi connectivity index (χ0n) is 11.5. The summed E-state index contributed by atoms with van der Waals surface area (Å²) in [6.07, 6.45) is 3.52. The maximum absolute atomic E-state index is 12.5. The van der Waals surface area contributed by atoms with Crippen molar-refractivity contribution >= 4 is 15.9 Å². The molecule has 0 unspecified atom stereocenters. The topological polar surface area (TPSA) is 60.9 Å². The van der Waals surface area contributed by atoms with E-state index in [1.54, 1.807) is 18.0 Å². The molecule has 0 radical (unpaired) electrons. The molecular formula is C12H21N3O3S. The van der Waals surface area contributed by atoms with Crippen LogP contribution in [0.25, 0.3) is 0 Å². The molecule has 0 aromatic heterocycles. The molecule has 7 heteroatoms. The van der Waals surface area contributed by atoms with Crippen LogP contribution in [-0.2, 0) is 14.8 Å². The first-order valence-corrected chi connectivity index (χ1v) is 8.23. The molecule has 1 spiro atoms. The number of carbonyl (C=O) groups excluding carboxylic acids is 1. The molecule has 19 heavy (non-hydrogen) atoms. The summed E-state index contributed by atoms with van der Waals surface area (Å²) in [7, 11) is -1.47. The summed E-state index contributed by atoms with van der Waals surface area (Å²) in [5, 5.41) is 0. The molecular weight excluding hydrogens is 266 g/mol. The molecule has 0 aliphatic carbocycles. The third-order valence-corrected chi connectivity index (χ3v) is 5.34. The van der Waals surface area contributed by atoms with Crippen LogP contribution in [0.5, 0.6) is 0 Å². The molecule has 0 aromatic carbocycles. The lowest BCUT2D eigenvalue weighted by atomic mass is 9.91. The van der Waals surface area contributed by atoms with Crippen molar-refractivity contribution in [1.82, 2.24) is 14.1 Å². The minimum Gasteiger partial charge on any atom is -0.343 e. The SMILES string of the molecule is C=CCN1CCN(C)C(=O)[C@@]12CCN(S(C)(=O)=O)C2. The van der Waals surface area contributed by atoms with Gasteiger partial charge in [0.25, 0.3) is 0 Å². The lowest BCUT2D eigenvalue weighted by Crippen LogP contribution is -2.66. The van der Waals surface area contributed by atoms with Gasteiger partial charge < -0.3 is 4.90 Å². The van der Waals surface area contributed by atoms with Gasteiger partial charge in [-0.2, -0.15) is 4.31 Å². The Labute approximate surface area is 114 Å². The quantitative estimate of drug-likeness (QED) is 0.647. The van der Waals surface area contributed by atoms with Gasteiger partial charge in [-0.1, -0.05) is 6.08 Å². The van der Waals surface area contributed by atoms with Gasteiger partial charge >= 0.3 is 0 Å². The van der Waals surface area contributed by atoms with E-state index in [0.717, 1.165) is 6.54 Å². The number of carbonyl (C=O) groups is 1. The van der Waals surface area contributed by atoms with Crippen molar-refractivity contribution in [2.75, 3.05) is 46.0 Å². The van der Waals surface area contributed by atoms with Gasteiger partial charge in [0.15, 0.2) is 0 Å². The van der Waals surface area contributed by atoms with E-state index in [9.17, 15) is 13.2 Å². The van der Waals surface area contributed by atoms with E-state index < -0.39 is 15.6 Å². The van der Waals surface area contributed by atoms with Crippen LogP contribution in [0.1, 0.15) is 6.42 Å².